The van der Waals surface area contributed by atoms with Crippen molar-refractivity contribution in [2.45, 2.75) is 6.18 Å². The number of nitrogens with two attached hydrogens (primary N) is 1. The van der Waals surface area contributed by atoms with Gasteiger partial charge in [-0.2, -0.15) is 13.2 Å². The molecular formula is C9H7F3N2O. The fraction of sp³-hybridized carbons (Fsp3) is 0.111. The summed E-state index contributed by atoms with van der Waals surface area (Å²) in [7, 11) is 0. The monoisotopic (exact) mass is 216 g/mol. The standard InChI is InChI=1S/C9H7F3N2O/c10-9(11,12)7-4-6(2-1-3-15)8(13)14-5-7/h1-5H,(H2,13,14). The number of pyridine rings is 1. The largest absolute Gasteiger partial charge is 0.417 e. The number of aldehydes is 1. The molecule has 0 aliphatic carbocycles. The summed E-state index contributed by atoms with van der Waals surface area (Å²) in [6.07, 6.45) is -1.16. The van der Waals surface area contributed by atoms with Gasteiger partial charge >= 0.3 is 6.18 Å². The van der Waals surface area contributed by atoms with Crippen LogP contribution in [0.25, 0.3) is 6.08 Å². The highest BCUT2D eigenvalue weighted by Crippen LogP contribution is 2.30. The lowest BCUT2D eigenvalue weighted by Crippen LogP contribution is -2.07. The van der Waals surface area contributed by atoms with Crippen LogP contribution in [0.1, 0.15) is 11.1 Å². The van der Waals surface area contributed by atoms with Gasteiger partial charge < -0.3 is 5.73 Å². The predicted octanol–water partition coefficient (Wildman–Crippen LogP) is 1.89. The van der Waals surface area contributed by atoms with Gasteiger partial charge in [-0.15, -0.1) is 0 Å². The third kappa shape index (κ3) is 2.80. The van der Waals surface area contributed by atoms with Gasteiger partial charge in [-0.25, -0.2) is 4.98 Å². The number of carbonyl (C=O) groups excluding carboxylic acids is 1. The van der Waals surface area contributed by atoms with Crippen LogP contribution >= 0.6 is 0 Å². The first-order chi connectivity index (χ1) is 6.95. The number of alkyl halides is 3. The van der Waals surface area contributed by atoms with Crippen LogP contribution in [0.3, 0.4) is 0 Å². The molecule has 6 heteroatoms. The van der Waals surface area contributed by atoms with E-state index in [1.807, 2.05) is 0 Å². The molecule has 0 radical (unpaired) electrons. The number of hydrogen-bond acceptors (Lipinski definition) is 3. The number of rotatable bonds is 2. The van der Waals surface area contributed by atoms with E-state index in [9.17, 15) is 18.0 Å². The Morgan fingerprint density at radius 1 is 1.40 bits per heavy atom. The number of allylic oxidation sites excluding steroid dienone is 1. The van der Waals surface area contributed by atoms with Crippen LogP contribution in [0.2, 0.25) is 0 Å². The van der Waals surface area contributed by atoms with Crippen LogP contribution in [0.4, 0.5) is 19.0 Å². The van der Waals surface area contributed by atoms with Crippen LogP contribution in [-0.4, -0.2) is 11.3 Å². The predicted molar refractivity (Wildman–Crippen MR) is 48.7 cm³/mol. The van der Waals surface area contributed by atoms with Crippen LogP contribution in [0.15, 0.2) is 18.3 Å². The fourth-order valence-corrected chi connectivity index (χ4v) is 0.924. The number of nitrogens with zero attached hydrogens (tertiary/aromatic N) is 1. The maximum absolute atomic E-state index is 12.2. The van der Waals surface area contributed by atoms with E-state index in [-0.39, 0.29) is 11.4 Å². The quantitative estimate of drug-likeness (QED) is 0.606. The molecule has 0 atom stereocenters. The summed E-state index contributed by atoms with van der Waals surface area (Å²) in [4.78, 5) is 13.4. The minimum atomic E-state index is -4.47. The Kier molecular flexibility index (Phi) is 3.08. The molecule has 1 aromatic rings. The lowest BCUT2D eigenvalue weighted by Gasteiger charge is -2.07. The zero-order valence-electron chi connectivity index (χ0n) is 7.45. The Bertz CT molecular complexity index is 399. The van der Waals surface area contributed by atoms with E-state index in [1.54, 1.807) is 0 Å². The van der Waals surface area contributed by atoms with E-state index >= 15 is 0 Å². The van der Waals surface area contributed by atoms with Gasteiger partial charge in [0.25, 0.3) is 0 Å². The van der Waals surface area contributed by atoms with Gasteiger partial charge in [0.1, 0.15) is 12.1 Å². The van der Waals surface area contributed by atoms with Crippen molar-refractivity contribution >= 4 is 18.2 Å². The number of halogens is 3. The molecule has 1 aromatic heterocycles. The van der Waals surface area contributed by atoms with E-state index in [2.05, 4.69) is 4.98 Å². The molecule has 0 spiro atoms. The average Bonchev–Trinajstić information content (AvgIpc) is 2.15. The van der Waals surface area contributed by atoms with Crippen LogP contribution in [-0.2, 0) is 11.0 Å². The van der Waals surface area contributed by atoms with Gasteiger partial charge in [0.15, 0.2) is 0 Å². The third-order valence-electron chi connectivity index (χ3n) is 1.63. The molecule has 3 nitrogen and oxygen atoms in total. The summed E-state index contributed by atoms with van der Waals surface area (Å²) in [5.74, 6) is -0.0545. The molecule has 1 rings (SSSR count). The van der Waals surface area contributed by atoms with Crippen LogP contribution < -0.4 is 5.73 Å². The van der Waals surface area contributed by atoms with Crippen molar-refractivity contribution < 1.29 is 18.0 Å². The lowest BCUT2D eigenvalue weighted by atomic mass is 10.1. The number of nitrogen functional groups attached to an aromatic ring is 1. The maximum Gasteiger partial charge on any atom is 0.417 e. The molecule has 0 aliphatic heterocycles. The highest BCUT2D eigenvalue weighted by molar-refractivity contribution is 5.76. The molecule has 0 saturated carbocycles. The number of hydrogen-bond donors (Lipinski definition) is 1. The number of aromatic nitrogens is 1. The van der Waals surface area contributed by atoms with Crippen molar-refractivity contribution in [2.75, 3.05) is 5.73 Å². The highest BCUT2D eigenvalue weighted by Gasteiger charge is 2.31. The van der Waals surface area contributed by atoms with Crippen molar-refractivity contribution in [3.05, 3.63) is 29.5 Å². The summed E-state index contributed by atoms with van der Waals surface area (Å²) in [6.45, 7) is 0. The summed E-state index contributed by atoms with van der Waals surface area (Å²) < 4.78 is 36.7. The number of carbonyl (C=O) groups is 1. The van der Waals surface area contributed by atoms with Gasteiger partial charge in [0, 0.05) is 11.8 Å². The molecule has 2 N–H and O–H groups in total. The third-order valence-corrected chi connectivity index (χ3v) is 1.63. The van der Waals surface area contributed by atoms with Crippen LogP contribution in [0, 0.1) is 0 Å². The van der Waals surface area contributed by atoms with E-state index in [1.165, 1.54) is 6.08 Å². The topological polar surface area (TPSA) is 56.0 Å². The van der Waals surface area contributed by atoms with E-state index in [4.69, 9.17) is 5.73 Å². The summed E-state index contributed by atoms with van der Waals surface area (Å²) in [5.41, 5.74) is 4.49. The van der Waals surface area contributed by atoms with Gasteiger partial charge in [-0.1, -0.05) is 0 Å². The Morgan fingerprint density at radius 2 is 2.07 bits per heavy atom. The van der Waals surface area contributed by atoms with Crippen LogP contribution in [0.5, 0.6) is 0 Å². The SMILES string of the molecule is Nc1ncc(C(F)(F)F)cc1C=CC=O. The summed E-state index contributed by atoms with van der Waals surface area (Å²) in [5, 5.41) is 0. The molecule has 80 valence electrons. The first kappa shape index (κ1) is 11.2. The zero-order chi connectivity index (χ0) is 11.5. The van der Waals surface area contributed by atoms with Gasteiger partial charge in [-0.3, -0.25) is 4.79 Å². The van der Waals surface area contributed by atoms with Gasteiger partial charge in [0.05, 0.1) is 5.56 Å². The average molecular weight is 216 g/mol. The maximum atomic E-state index is 12.2. The fourth-order valence-electron chi connectivity index (χ4n) is 0.924. The molecule has 0 unspecified atom stereocenters. The minimum Gasteiger partial charge on any atom is -0.383 e. The van der Waals surface area contributed by atoms with Crippen molar-refractivity contribution in [1.82, 2.24) is 4.98 Å². The molecular weight excluding hydrogens is 209 g/mol. The van der Waals surface area contributed by atoms with E-state index in [0.29, 0.717) is 12.5 Å². The molecule has 0 aliphatic rings. The Morgan fingerprint density at radius 3 is 2.60 bits per heavy atom. The van der Waals surface area contributed by atoms with Crippen molar-refractivity contribution in [1.29, 1.82) is 0 Å². The summed E-state index contributed by atoms with van der Waals surface area (Å²) >= 11 is 0. The second-order valence-corrected chi connectivity index (χ2v) is 2.69. The molecule has 0 aromatic carbocycles. The molecule has 0 saturated heterocycles. The molecule has 1 heterocycles. The Hall–Kier alpha value is -1.85. The number of anilines is 1. The summed E-state index contributed by atoms with van der Waals surface area (Å²) in [6, 6.07) is 0.836. The van der Waals surface area contributed by atoms with Crippen molar-refractivity contribution in [3.8, 4) is 0 Å². The smallest absolute Gasteiger partial charge is 0.383 e. The second kappa shape index (κ2) is 4.12. The van der Waals surface area contributed by atoms with Gasteiger partial charge in [0.2, 0.25) is 0 Å². The van der Waals surface area contributed by atoms with Gasteiger partial charge in [-0.05, 0) is 18.2 Å². The second-order valence-electron chi connectivity index (χ2n) is 2.69. The zero-order valence-corrected chi connectivity index (χ0v) is 7.45. The molecule has 0 fully saturated rings. The Labute approximate surface area is 83.4 Å². The van der Waals surface area contributed by atoms with Crippen molar-refractivity contribution in [2.24, 2.45) is 0 Å². The first-order valence-corrected chi connectivity index (χ1v) is 3.89. The first-order valence-electron chi connectivity index (χ1n) is 3.89. The minimum absolute atomic E-state index is 0.0545. The Balaban J connectivity index is 3.16. The highest BCUT2D eigenvalue weighted by atomic mass is 19.4. The molecule has 0 bridgehead atoms. The normalized spacial score (nSPS) is 11.9. The van der Waals surface area contributed by atoms with E-state index in [0.717, 1.165) is 12.1 Å². The molecule has 15 heavy (non-hydrogen) atoms. The van der Waals surface area contributed by atoms with E-state index < -0.39 is 11.7 Å². The lowest BCUT2D eigenvalue weighted by molar-refractivity contribution is -0.137. The van der Waals surface area contributed by atoms with Crippen molar-refractivity contribution in [3.63, 3.8) is 0 Å². The molecule has 0 amide bonds.